The Balaban J connectivity index is 1.15. The summed E-state index contributed by atoms with van der Waals surface area (Å²) in [6.07, 6.45) is 0. The van der Waals surface area contributed by atoms with Crippen molar-refractivity contribution in [3.63, 3.8) is 0 Å². The van der Waals surface area contributed by atoms with E-state index in [2.05, 4.69) is 0 Å². The minimum Gasteiger partial charge on any atom is -0.399 e. The number of amides is 4. The molecule has 46 heavy (non-hydrogen) atoms. The fourth-order valence-electron chi connectivity index (χ4n) is 6.30. The van der Waals surface area contributed by atoms with Crippen LogP contribution in [0.5, 0.6) is 0 Å². The van der Waals surface area contributed by atoms with Crippen LogP contribution < -0.4 is 21.3 Å². The van der Waals surface area contributed by atoms with E-state index in [9.17, 15) is 19.2 Å². The Morgan fingerprint density at radius 3 is 0.826 bits per heavy atom. The molecule has 2 heterocycles. The van der Waals surface area contributed by atoms with Crippen molar-refractivity contribution >= 4 is 57.2 Å². The van der Waals surface area contributed by atoms with Crippen molar-refractivity contribution in [1.29, 1.82) is 0 Å². The van der Waals surface area contributed by atoms with Crippen LogP contribution in [0, 0.1) is 0 Å². The number of carbonyl (C=O) groups is 4. The molecule has 2 aliphatic rings. The third-order valence-electron chi connectivity index (χ3n) is 8.63. The first-order chi connectivity index (χ1) is 22.3. The Kier molecular flexibility index (Phi) is 5.88. The molecule has 4 amide bonds. The number of nitrogen functional groups attached to an aromatic ring is 2. The Hall–Kier alpha value is -6.54. The molecule has 0 fully saturated rings. The standard InChI is InChI=1S/C38H24N4O4/c39-25-9-1-21(2-10-25)23-5-13-27(14-6-23)41-35(43)29-17-19-31-34-32(20-18-30(33(29)34)36(41)44)38(46)42(37(31)45)28-15-7-24(8-16-28)22-3-11-26(40)12-4-22/h1-20H,39-40H2. The van der Waals surface area contributed by atoms with Crippen molar-refractivity contribution in [3.05, 3.63) is 144 Å². The highest BCUT2D eigenvalue weighted by molar-refractivity contribution is 6.42. The summed E-state index contributed by atoms with van der Waals surface area (Å²) in [7, 11) is 0. The Bertz CT molecular complexity index is 2040. The van der Waals surface area contributed by atoms with Crippen LogP contribution in [-0.2, 0) is 0 Å². The fourth-order valence-corrected chi connectivity index (χ4v) is 6.30. The van der Waals surface area contributed by atoms with E-state index in [-0.39, 0.29) is 22.3 Å². The number of anilines is 4. The van der Waals surface area contributed by atoms with Crippen molar-refractivity contribution < 1.29 is 19.2 Å². The van der Waals surface area contributed by atoms with Crippen LogP contribution in [0.15, 0.2) is 121 Å². The average molecular weight is 601 g/mol. The molecule has 0 aliphatic carbocycles. The zero-order valence-electron chi connectivity index (χ0n) is 24.2. The number of carbonyl (C=O) groups excluding carboxylic acids is 4. The molecule has 6 aromatic rings. The molecule has 8 nitrogen and oxygen atoms in total. The topological polar surface area (TPSA) is 127 Å². The SMILES string of the molecule is Nc1ccc(-c2ccc(N3C(=O)c4ccc5c6c(ccc(c46)C3=O)C(=O)N(c3ccc(-c4ccc(N)cc4)cc3)C5=O)cc2)cc1. The van der Waals surface area contributed by atoms with E-state index in [1.165, 1.54) is 0 Å². The van der Waals surface area contributed by atoms with Gasteiger partial charge in [0.2, 0.25) is 0 Å². The van der Waals surface area contributed by atoms with Crippen LogP contribution in [0.4, 0.5) is 22.7 Å². The summed E-state index contributed by atoms with van der Waals surface area (Å²) in [5, 5.41) is 0.639. The van der Waals surface area contributed by atoms with Crippen molar-refractivity contribution in [3.8, 4) is 22.3 Å². The van der Waals surface area contributed by atoms with Crippen LogP contribution >= 0.6 is 0 Å². The lowest BCUT2D eigenvalue weighted by Crippen LogP contribution is -2.43. The molecule has 8 heteroatoms. The highest BCUT2D eigenvalue weighted by Gasteiger charge is 2.40. The molecular formula is C38H24N4O4. The van der Waals surface area contributed by atoms with Gasteiger partial charge >= 0.3 is 0 Å². The van der Waals surface area contributed by atoms with E-state index in [4.69, 9.17) is 11.5 Å². The van der Waals surface area contributed by atoms with Crippen molar-refractivity contribution in [2.75, 3.05) is 21.3 Å². The van der Waals surface area contributed by atoms with Gasteiger partial charge in [-0.25, -0.2) is 9.80 Å². The summed E-state index contributed by atoms with van der Waals surface area (Å²) in [6.45, 7) is 0. The first-order valence-electron chi connectivity index (χ1n) is 14.6. The van der Waals surface area contributed by atoms with Gasteiger partial charge in [0.1, 0.15) is 0 Å². The maximum atomic E-state index is 13.9. The van der Waals surface area contributed by atoms with Gasteiger partial charge in [0.05, 0.1) is 11.4 Å². The molecule has 0 spiro atoms. The van der Waals surface area contributed by atoms with E-state index in [1.807, 2.05) is 72.8 Å². The molecule has 6 aromatic carbocycles. The minimum atomic E-state index is -0.526. The van der Waals surface area contributed by atoms with Crippen LogP contribution in [0.1, 0.15) is 41.4 Å². The summed E-state index contributed by atoms with van der Waals surface area (Å²) in [4.78, 5) is 57.7. The number of hydrogen-bond acceptors (Lipinski definition) is 6. The lowest BCUT2D eigenvalue weighted by Gasteiger charge is -2.32. The maximum absolute atomic E-state index is 13.9. The number of nitrogens with zero attached hydrogens (tertiary/aromatic N) is 2. The zero-order chi connectivity index (χ0) is 31.7. The third-order valence-corrected chi connectivity index (χ3v) is 8.63. The number of benzene rings is 6. The molecule has 0 bridgehead atoms. The summed E-state index contributed by atoms with van der Waals surface area (Å²) in [6, 6.07) is 35.3. The summed E-state index contributed by atoms with van der Waals surface area (Å²) < 4.78 is 0. The van der Waals surface area contributed by atoms with E-state index in [0.29, 0.717) is 33.5 Å². The normalized spacial score (nSPS) is 13.9. The third kappa shape index (κ3) is 4.01. The Morgan fingerprint density at radius 1 is 0.326 bits per heavy atom. The molecule has 8 rings (SSSR count). The Labute approximate surface area is 263 Å². The number of imide groups is 2. The van der Waals surface area contributed by atoms with Gasteiger partial charge < -0.3 is 11.5 Å². The molecule has 0 unspecified atom stereocenters. The van der Waals surface area contributed by atoms with E-state index >= 15 is 0 Å². The summed E-state index contributed by atoms with van der Waals surface area (Å²) in [5.41, 5.74) is 18.5. The highest BCUT2D eigenvalue weighted by atomic mass is 16.2. The largest absolute Gasteiger partial charge is 0.399 e. The van der Waals surface area contributed by atoms with Crippen molar-refractivity contribution in [2.24, 2.45) is 0 Å². The molecule has 0 radical (unpaired) electrons. The average Bonchev–Trinajstić information content (AvgIpc) is 3.08. The summed E-state index contributed by atoms with van der Waals surface area (Å²) >= 11 is 0. The molecule has 0 saturated carbocycles. The molecule has 0 aromatic heterocycles. The number of nitrogens with two attached hydrogens (primary N) is 2. The zero-order valence-corrected chi connectivity index (χ0v) is 24.2. The molecule has 2 aliphatic heterocycles. The van der Waals surface area contributed by atoms with Gasteiger partial charge in [-0.3, -0.25) is 19.2 Å². The number of rotatable bonds is 4. The van der Waals surface area contributed by atoms with Gasteiger partial charge in [0.25, 0.3) is 23.6 Å². The van der Waals surface area contributed by atoms with Crippen molar-refractivity contribution in [2.45, 2.75) is 0 Å². The second-order valence-corrected chi connectivity index (χ2v) is 11.3. The fraction of sp³-hybridized carbons (Fsp3) is 0. The lowest BCUT2D eigenvalue weighted by molar-refractivity contribution is 0.0873. The predicted molar refractivity (Wildman–Crippen MR) is 179 cm³/mol. The van der Waals surface area contributed by atoms with Gasteiger partial charge in [0.15, 0.2) is 0 Å². The molecular weight excluding hydrogens is 576 g/mol. The Morgan fingerprint density at radius 2 is 0.565 bits per heavy atom. The summed E-state index contributed by atoms with van der Waals surface area (Å²) in [5.74, 6) is -2.10. The van der Waals surface area contributed by atoms with E-state index in [1.54, 1.807) is 48.5 Å². The first kappa shape index (κ1) is 27.0. The van der Waals surface area contributed by atoms with E-state index < -0.39 is 23.6 Å². The monoisotopic (exact) mass is 600 g/mol. The minimum absolute atomic E-state index is 0.250. The lowest BCUT2D eigenvalue weighted by atomic mass is 9.85. The van der Waals surface area contributed by atoms with Gasteiger partial charge in [0, 0.05) is 44.4 Å². The van der Waals surface area contributed by atoms with Crippen LogP contribution in [0.3, 0.4) is 0 Å². The second-order valence-electron chi connectivity index (χ2n) is 11.3. The van der Waals surface area contributed by atoms with Gasteiger partial charge in [-0.15, -0.1) is 0 Å². The van der Waals surface area contributed by atoms with Crippen LogP contribution in [-0.4, -0.2) is 23.6 Å². The smallest absolute Gasteiger partial charge is 0.265 e. The maximum Gasteiger partial charge on any atom is 0.265 e. The quantitative estimate of drug-likeness (QED) is 0.167. The molecule has 0 atom stereocenters. The first-order valence-corrected chi connectivity index (χ1v) is 14.6. The van der Waals surface area contributed by atoms with Gasteiger partial charge in [-0.05, 0) is 95.1 Å². The van der Waals surface area contributed by atoms with Crippen LogP contribution in [0.2, 0.25) is 0 Å². The second kappa shape index (κ2) is 10.0. The van der Waals surface area contributed by atoms with Crippen LogP contribution in [0.25, 0.3) is 33.0 Å². The van der Waals surface area contributed by atoms with Gasteiger partial charge in [-0.1, -0.05) is 48.5 Å². The predicted octanol–water partition coefficient (Wildman–Crippen LogP) is 6.94. The highest BCUT2D eigenvalue weighted by Crippen LogP contribution is 2.40. The molecule has 0 saturated heterocycles. The van der Waals surface area contributed by atoms with E-state index in [0.717, 1.165) is 32.1 Å². The number of hydrogen-bond donors (Lipinski definition) is 2. The van der Waals surface area contributed by atoms with Gasteiger partial charge in [-0.2, -0.15) is 0 Å². The molecule has 4 N–H and O–H groups in total. The van der Waals surface area contributed by atoms with Crippen molar-refractivity contribution in [1.82, 2.24) is 0 Å². The molecule has 220 valence electrons.